The minimum Gasteiger partial charge on any atom is -0.405 e. The van der Waals surface area contributed by atoms with Gasteiger partial charge in [-0.1, -0.05) is 0 Å². The molecule has 0 saturated heterocycles. The van der Waals surface area contributed by atoms with Crippen LogP contribution in [0.15, 0.2) is 11.9 Å². The van der Waals surface area contributed by atoms with E-state index in [-0.39, 0.29) is 0 Å². The van der Waals surface area contributed by atoms with Crippen molar-refractivity contribution in [1.82, 2.24) is 0 Å². The third-order valence-corrected chi connectivity index (χ3v) is 13.3. The fourth-order valence-corrected chi connectivity index (χ4v) is 11.7. The Labute approximate surface area is 146 Å². The van der Waals surface area contributed by atoms with Gasteiger partial charge in [-0.2, -0.15) is 0 Å². The molecule has 0 aliphatic rings. The van der Waals surface area contributed by atoms with Crippen LogP contribution in [0.2, 0.25) is 0 Å². The van der Waals surface area contributed by atoms with E-state index >= 15 is 0 Å². The number of rotatable bonds is 13. The van der Waals surface area contributed by atoms with Crippen LogP contribution in [0.3, 0.4) is 0 Å². The summed E-state index contributed by atoms with van der Waals surface area (Å²) in [7, 11) is 1.29. The van der Waals surface area contributed by atoms with Crippen LogP contribution in [0.1, 0.15) is 0 Å². The number of hydrogen-bond donors (Lipinski definition) is 1. The topological polar surface area (TPSA) is 109 Å². The van der Waals surface area contributed by atoms with Gasteiger partial charge in [-0.25, -0.2) is 0 Å². The SMILES string of the molecule is CO[Si](C=CN)(OC)OC([Si](OC)(OC)OC)[Si](OC)(OC)OC. The molecule has 2 N–H and O–H groups in total. The highest BCUT2D eigenvalue weighted by Crippen LogP contribution is 2.29. The Hall–Kier alpha value is -0.169. The van der Waals surface area contributed by atoms with Crippen LogP contribution in [0, 0.1) is 0 Å². The van der Waals surface area contributed by atoms with Crippen molar-refractivity contribution >= 4 is 26.4 Å². The predicted octanol–water partition coefficient (Wildman–Crippen LogP) is -0.550. The molecule has 0 amide bonds. The second-order valence-electron chi connectivity index (χ2n) is 4.30. The van der Waals surface area contributed by atoms with Gasteiger partial charge in [0.05, 0.1) is 0 Å². The molecule has 0 aliphatic carbocycles. The average molecular weight is 404 g/mol. The number of nitrogens with two attached hydrogens (primary N) is 1. The first-order chi connectivity index (χ1) is 11.4. The van der Waals surface area contributed by atoms with E-state index in [0.29, 0.717) is 0 Å². The van der Waals surface area contributed by atoms with Crippen LogP contribution in [0.4, 0.5) is 0 Å². The maximum Gasteiger partial charge on any atom is 0.534 e. The minimum atomic E-state index is -3.45. The molecule has 0 unspecified atom stereocenters. The molecule has 0 saturated carbocycles. The molecular formula is C11H29NO9Si3. The summed E-state index contributed by atoms with van der Waals surface area (Å²) in [6, 6.07) is 0. The fraction of sp³-hybridized carbons (Fsp3) is 0.818. The van der Waals surface area contributed by atoms with Crippen LogP contribution < -0.4 is 5.73 Å². The van der Waals surface area contributed by atoms with Crippen molar-refractivity contribution in [3.63, 3.8) is 0 Å². The van der Waals surface area contributed by atoms with Gasteiger partial charge in [-0.05, 0) is 6.20 Å². The average Bonchev–Trinajstić information content (AvgIpc) is 2.64. The van der Waals surface area contributed by atoms with Crippen LogP contribution in [0.25, 0.3) is 0 Å². The van der Waals surface area contributed by atoms with Crippen molar-refractivity contribution in [3.05, 3.63) is 11.9 Å². The molecule has 0 fully saturated rings. The zero-order valence-electron chi connectivity index (χ0n) is 15.5. The van der Waals surface area contributed by atoms with Crippen molar-refractivity contribution in [3.8, 4) is 0 Å². The second-order valence-corrected chi connectivity index (χ2v) is 13.4. The highest BCUT2D eigenvalue weighted by atomic mass is 28.5. The van der Waals surface area contributed by atoms with E-state index < -0.39 is 31.8 Å². The van der Waals surface area contributed by atoms with Gasteiger partial charge in [0, 0.05) is 62.6 Å². The summed E-state index contributed by atoms with van der Waals surface area (Å²) in [5.74, 6) is 0. The molecular weight excluding hydrogens is 374 g/mol. The van der Waals surface area contributed by atoms with Crippen molar-refractivity contribution in [2.75, 3.05) is 56.9 Å². The van der Waals surface area contributed by atoms with Crippen LogP contribution in [-0.2, 0) is 39.8 Å². The lowest BCUT2D eigenvalue weighted by molar-refractivity contribution is 0.00800. The van der Waals surface area contributed by atoms with E-state index in [1.54, 1.807) is 0 Å². The lowest BCUT2D eigenvalue weighted by Crippen LogP contribution is -2.73. The van der Waals surface area contributed by atoms with E-state index in [9.17, 15) is 0 Å². The lowest BCUT2D eigenvalue weighted by Gasteiger charge is -2.41. The van der Waals surface area contributed by atoms with Crippen molar-refractivity contribution in [2.45, 2.75) is 5.35 Å². The zero-order chi connectivity index (χ0) is 18.9. The monoisotopic (exact) mass is 403 g/mol. The molecule has 13 heteroatoms. The van der Waals surface area contributed by atoms with Crippen molar-refractivity contribution < 1.29 is 39.8 Å². The van der Waals surface area contributed by atoms with Gasteiger partial charge in [-0.15, -0.1) is 0 Å². The maximum absolute atomic E-state index is 6.15. The molecule has 0 atom stereocenters. The van der Waals surface area contributed by atoms with Gasteiger partial charge < -0.3 is 45.6 Å². The molecule has 0 spiro atoms. The van der Waals surface area contributed by atoms with E-state index in [2.05, 4.69) is 0 Å². The smallest absolute Gasteiger partial charge is 0.405 e. The standard InChI is InChI=1S/C11H29NO9Si3/c1-13-22(14-2,10-9-12)21-11(23(15-3,16-4)17-5)24(18-6,19-7)20-8/h9-11H,12H2,1-8H3. The van der Waals surface area contributed by atoms with Gasteiger partial charge in [0.15, 0.2) is 5.35 Å². The molecule has 0 aromatic heterocycles. The molecule has 0 aromatic carbocycles. The molecule has 0 radical (unpaired) electrons. The van der Waals surface area contributed by atoms with Gasteiger partial charge in [0.2, 0.25) is 0 Å². The predicted molar refractivity (Wildman–Crippen MR) is 91.5 cm³/mol. The summed E-state index contributed by atoms with van der Waals surface area (Å²) < 4.78 is 50.3. The first kappa shape index (κ1) is 23.8. The van der Waals surface area contributed by atoms with Gasteiger partial charge >= 0.3 is 26.4 Å². The fourth-order valence-electron chi connectivity index (χ4n) is 2.14. The Bertz CT molecular complexity index is 339. The number of hydrogen-bond acceptors (Lipinski definition) is 10. The molecule has 0 aromatic rings. The van der Waals surface area contributed by atoms with Crippen LogP contribution >= 0.6 is 0 Å². The normalized spacial score (nSPS) is 14.0. The van der Waals surface area contributed by atoms with Crippen LogP contribution in [-0.4, -0.2) is 88.6 Å². The Balaban J connectivity index is 6.23. The van der Waals surface area contributed by atoms with Crippen LogP contribution in [0.5, 0.6) is 0 Å². The highest BCUT2D eigenvalue weighted by Gasteiger charge is 2.68. The molecule has 10 nitrogen and oxygen atoms in total. The third kappa shape index (κ3) is 4.71. The van der Waals surface area contributed by atoms with Gasteiger partial charge in [0.25, 0.3) is 0 Å². The van der Waals surface area contributed by atoms with Gasteiger partial charge in [0.1, 0.15) is 0 Å². The first-order valence-corrected chi connectivity index (χ1v) is 12.3. The lowest BCUT2D eigenvalue weighted by atomic mass is 11.1. The molecule has 24 heavy (non-hydrogen) atoms. The molecule has 0 bridgehead atoms. The summed E-state index contributed by atoms with van der Waals surface area (Å²) in [4.78, 5) is 0. The molecule has 144 valence electrons. The summed E-state index contributed by atoms with van der Waals surface area (Å²) in [5.41, 5.74) is 7.00. The Morgan fingerprint density at radius 1 is 0.625 bits per heavy atom. The summed E-state index contributed by atoms with van der Waals surface area (Å²) in [6.07, 6.45) is 1.28. The van der Waals surface area contributed by atoms with E-state index in [0.717, 1.165) is 0 Å². The first-order valence-electron chi connectivity index (χ1n) is 6.87. The summed E-state index contributed by atoms with van der Waals surface area (Å²) in [5, 5.41) is -0.979. The van der Waals surface area contributed by atoms with Gasteiger partial charge in [-0.3, -0.25) is 0 Å². The molecule has 0 aliphatic heterocycles. The quantitative estimate of drug-likeness (QED) is 0.402. The summed E-state index contributed by atoms with van der Waals surface area (Å²) >= 11 is 0. The van der Waals surface area contributed by atoms with E-state index in [4.69, 9.17) is 45.6 Å². The zero-order valence-corrected chi connectivity index (χ0v) is 18.5. The largest absolute Gasteiger partial charge is 0.534 e. The Kier molecular flexibility index (Phi) is 10.7. The second kappa shape index (κ2) is 10.7. The van der Waals surface area contributed by atoms with Crippen molar-refractivity contribution in [2.24, 2.45) is 5.73 Å². The Morgan fingerprint density at radius 3 is 1.17 bits per heavy atom. The molecule has 0 rings (SSSR count). The van der Waals surface area contributed by atoms with E-state index in [1.165, 1.54) is 68.8 Å². The Morgan fingerprint density at radius 2 is 0.958 bits per heavy atom. The van der Waals surface area contributed by atoms with E-state index in [1.807, 2.05) is 0 Å². The van der Waals surface area contributed by atoms with Crippen molar-refractivity contribution in [1.29, 1.82) is 0 Å². The third-order valence-electron chi connectivity index (χ3n) is 3.50. The minimum absolute atomic E-state index is 0.979. The highest BCUT2D eigenvalue weighted by molar-refractivity contribution is 6.83. The maximum atomic E-state index is 6.15. The molecule has 0 heterocycles. The summed E-state index contributed by atoms with van der Waals surface area (Å²) in [6.45, 7) is 0.